The van der Waals surface area contributed by atoms with Gasteiger partial charge in [0, 0.05) is 19.2 Å². The van der Waals surface area contributed by atoms with E-state index in [-0.39, 0.29) is 5.91 Å². The Labute approximate surface area is 184 Å². The Bertz CT molecular complexity index is 1030. The molecule has 0 fully saturated rings. The summed E-state index contributed by atoms with van der Waals surface area (Å²) in [6, 6.07) is 21.3. The maximum Gasteiger partial charge on any atom is 0.253 e. The van der Waals surface area contributed by atoms with Crippen LogP contribution in [0.4, 0.5) is 0 Å². The Kier molecular flexibility index (Phi) is 7.55. The molecule has 0 saturated heterocycles. The first-order valence-corrected chi connectivity index (χ1v) is 10.2. The summed E-state index contributed by atoms with van der Waals surface area (Å²) in [4.78, 5) is 14.6. The van der Waals surface area contributed by atoms with Crippen LogP contribution in [0.3, 0.4) is 0 Å². The van der Waals surface area contributed by atoms with Gasteiger partial charge in [0.2, 0.25) is 0 Å². The average molecular weight is 420 g/mol. The second-order valence-electron chi connectivity index (χ2n) is 7.47. The zero-order valence-corrected chi connectivity index (χ0v) is 18.6. The molecule has 1 amide bonds. The second-order valence-corrected chi connectivity index (χ2v) is 7.47. The molecule has 31 heavy (non-hydrogen) atoms. The van der Waals surface area contributed by atoms with Crippen molar-refractivity contribution in [2.75, 3.05) is 27.8 Å². The average Bonchev–Trinajstić information content (AvgIpc) is 2.80. The van der Waals surface area contributed by atoms with Crippen LogP contribution in [0, 0.1) is 6.92 Å². The number of benzene rings is 3. The van der Waals surface area contributed by atoms with Crippen molar-refractivity contribution in [2.24, 2.45) is 0 Å². The highest BCUT2D eigenvalue weighted by molar-refractivity contribution is 5.94. The molecule has 0 spiro atoms. The second kappa shape index (κ2) is 10.5. The number of aryl methyl sites for hydroxylation is 1. The summed E-state index contributed by atoms with van der Waals surface area (Å²) in [5, 5.41) is 0. The van der Waals surface area contributed by atoms with E-state index in [0.717, 1.165) is 11.1 Å². The fraction of sp³-hybridized carbons (Fsp3) is 0.269. The number of hydrogen-bond acceptors (Lipinski definition) is 4. The van der Waals surface area contributed by atoms with E-state index in [1.807, 2.05) is 55.6 Å². The van der Waals surface area contributed by atoms with E-state index in [0.29, 0.717) is 42.4 Å². The predicted octanol–water partition coefficient (Wildman–Crippen LogP) is 4.91. The number of ether oxygens (including phenoxy) is 3. The first-order chi connectivity index (χ1) is 15.0. The smallest absolute Gasteiger partial charge is 0.253 e. The van der Waals surface area contributed by atoms with Crippen molar-refractivity contribution in [1.82, 2.24) is 4.90 Å². The van der Waals surface area contributed by atoms with Gasteiger partial charge in [0.15, 0.2) is 11.5 Å². The van der Waals surface area contributed by atoms with Crippen molar-refractivity contribution in [3.8, 4) is 17.2 Å². The third kappa shape index (κ3) is 6.01. The minimum absolute atomic E-state index is 0.0403. The Hall–Kier alpha value is -3.47. The van der Waals surface area contributed by atoms with Gasteiger partial charge in [-0.25, -0.2) is 0 Å². The zero-order valence-electron chi connectivity index (χ0n) is 18.6. The molecule has 0 aliphatic heterocycles. The zero-order chi connectivity index (χ0) is 22.2. The molecule has 0 heterocycles. The van der Waals surface area contributed by atoms with Crippen LogP contribution in [0.5, 0.6) is 17.2 Å². The maximum absolute atomic E-state index is 12.9. The lowest BCUT2D eigenvalue weighted by Crippen LogP contribution is -2.28. The SMILES string of the molecule is COc1ccc(CCN(C)C(=O)c2cccc(OCc3cccc(C)c3)c2)cc1OC. The van der Waals surface area contributed by atoms with Gasteiger partial charge in [0.1, 0.15) is 12.4 Å². The fourth-order valence-corrected chi connectivity index (χ4v) is 3.34. The molecule has 0 radical (unpaired) electrons. The first-order valence-electron chi connectivity index (χ1n) is 10.2. The van der Waals surface area contributed by atoms with Crippen molar-refractivity contribution < 1.29 is 19.0 Å². The molecule has 0 bridgehead atoms. The molecule has 0 aromatic heterocycles. The number of hydrogen-bond donors (Lipinski definition) is 0. The van der Waals surface area contributed by atoms with Crippen LogP contribution < -0.4 is 14.2 Å². The molecule has 3 rings (SSSR count). The van der Waals surface area contributed by atoms with Crippen molar-refractivity contribution in [1.29, 1.82) is 0 Å². The summed E-state index contributed by atoms with van der Waals surface area (Å²) in [5.74, 6) is 2.02. The summed E-state index contributed by atoms with van der Waals surface area (Å²) in [6.07, 6.45) is 0.714. The van der Waals surface area contributed by atoms with Gasteiger partial charge >= 0.3 is 0 Å². The van der Waals surface area contributed by atoms with E-state index < -0.39 is 0 Å². The quantitative estimate of drug-likeness (QED) is 0.495. The van der Waals surface area contributed by atoms with Gasteiger partial charge in [-0.2, -0.15) is 0 Å². The summed E-state index contributed by atoms with van der Waals surface area (Å²) in [7, 11) is 5.04. The molecule has 3 aromatic rings. The van der Waals surface area contributed by atoms with E-state index in [2.05, 4.69) is 19.1 Å². The van der Waals surface area contributed by atoms with Gasteiger partial charge < -0.3 is 19.1 Å². The predicted molar refractivity (Wildman–Crippen MR) is 122 cm³/mol. The summed E-state index contributed by atoms with van der Waals surface area (Å²) >= 11 is 0. The highest BCUT2D eigenvalue weighted by Gasteiger charge is 2.13. The molecule has 0 unspecified atom stereocenters. The number of carbonyl (C=O) groups excluding carboxylic acids is 1. The van der Waals surface area contributed by atoms with Gasteiger partial charge in [0.25, 0.3) is 5.91 Å². The van der Waals surface area contributed by atoms with Crippen LogP contribution in [0.2, 0.25) is 0 Å². The summed E-state index contributed by atoms with van der Waals surface area (Å²) < 4.78 is 16.5. The van der Waals surface area contributed by atoms with Gasteiger partial charge in [-0.1, -0.05) is 42.0 Å². The number of amides is 1. The van der Waals surface area contributed by atoms with Crippen LogP contribution in [0.15, 0.2) is 66.7 Å². The maximum atomic E-state index is 12.9. The number of carbonyl (C=O) groups is 1. The molecule has 0 saturated carbocycles. The topological polar surface area (TPSA) is 48.0 Å². The molecular formula is C26H29NO4. The lowest BCUT2D eigenvalue weighted by atomic mass is 10.1. The van der Waals surface area contributed by atoms with Crippen LogP contribution in [-0.4, -0.2) is 38.6 Å². The summed E-state index contributed by atoms with van der Waals surface area (Å²) in [6.45, 7) is 3.11. The molecule has 3 aromatic carbocycles. The molecule has 0 N–H and O–H groups in total. The largest absolute Gasteiger partial charge is 0.493 e. The first kappa shape index (κ1) is 22.2. The number of nitrogens with zero attached hydrogens (tertiary/aromatic N) is 1. The molecule has 0 atom stereocenters. The summed E-state index contributed by atoms with van der Waals surface area (Å²) in [5.41, 5.74) is 3.98. The monoisotopic (exact) mass is 419 g/mol. The van der Waals surface area contributed by atoms with E-state index in [1.165, 1.54) is 5.56 Å². The van der Waals surface area contributed by atoms with Crippen LogP contribution in [-0.2, 0) is 13.0 Å². The fourth-order valence-electron chi connectivity index (χ4n) is 3.34. The van der Waals surface area contributed by atoms with Crippen LogP contribution >= 0.6 is 0 Å². The molecule has 5 nitrogen and oxygen atoms in total. The van der Waals surface area contributed by atoms with Crippen LogP contribution in [0.25, 0.3) is 0 Å². The third-order valence-corrected chi connectivity index (χ3v) is 5.10. The van der Waals surface area contributed by atoms with E-state index in [1.54, 1.807) is 25.2 Å². The van der Waals surface area contributed by atoms with Crippen LogP contribution in [0.1, 0.15) is 27.0 Å². The number of likely N-dealkylation sites (N-methyl/N-ethyl adjacent to an activating group) is 1. The minimum Gasteiger partial charge on any atom is -0.493 e. The van der Waals surface area contributed by atoms with Gasteiger partial charge in [-0.05, 0) is 54.8 Å². The van der Waals surface area contributed by atoms with Crippen molar-refractivity contribution >= 4 is 5.91 Å². The number of methoxy groups -OCH3 is 2. The Morgan fingerprint density at radius 2 is 1.65 bits per heavy atom. The minimum atomic E-state index is -0.0403. The normalized spacial score (nSPS) is 10.5. The van der Waals surface area contributed by atoms with E-state index in [4.69, 9.17) is 14.2 Å². The Morgan fingerprint density at radius 1 is 0.871 bits per heavy atom. The Balaban J connectivity index is 1.59. The molecule has 5 heteroatoms. The molecular weight excluding hydrogens is 390 g/mol. The molecule has 0 aliphatic rings. The highest BCUT2D eigenvalue weighted by Crippen LogP contribution is 2.27. The lowest BCUT2D eigenvalue weighted by molar-refractivity contribution is 0.0796. The standard InChI is InChI=1S/C26H29NO4/c1-19-7-5-8-21(15-19)18-31-23-10-6-9-22(17-23)26(28)27(2)14-13-20-11-12-24(29-3)25(16-20)30-4/h5-12,15-17H,13-14,18H2,1-4H3. The molecule has 162 valence electrons. The van der Waals surface area contributed by atoms with Crippen molar-refractivity contribution in [3.63, 3.8) is 0 Å². The molecule has 0 aliphatic carbocycles. The lowest BCUT2D eigenvalue weighted by Gasteiger charge is -2.18. The Morgan fingerprint density at radius 3 is 2.39 bits per heavy atom. The van der Waals surface area contributed by atoms with Gasteiger partial charge in [-0.3, -0.25) is 4.79 Å². The van der Waals surface area contributed by atoms with E-state index in [9.17, 15) is 4.79 Å². The van der Waals surface area contributed by atoms with E-state index >= 15 is 0 Å². The van der Waals surface area contributed by atoms with Gasteiger partial charge in [-0.15, -0.1) is 0 Å². The van der Waals surface area contributed by atoms with Crippen molar-refractivity contribution in [2.45, 2.75) is 20.0 Å². The highest BCUT2D eigenvalue weighted by atomic mass is 16.5. The van der Waals surface area contributed by atoms with Gasteiger partial charge in [0.05, 0.1) is 14.2 Å². The van der Waals surface area contributed by atoms with Crippen molar-refractivity contribution in [3.05, 3.63) is 89.0 Å². The number of rotatable bonds is 9. The third-order valence-electron chi connectivity index (χ3n) is 5.10.